The van der Waals surface area contributed by atoms with Crippen LogP contribution in [0.3, 0.4) is 0 Å². The minimum absolute atomic E-state index is 0.00699. The molecule has 5 rings (SSSR count). The first-order chi connectivity index (χ1) is 10.9. The zero-order valence-electron chi connectivity index (χ0n) is 12.2. The molecule has 0 amide bonds. The van der Waals surface area contributed by atoms with Crippen molar-refractivity contribution in [3.63, 3.8) is 0 Å². The van der Waals surface area contributed by atoms with Gasteiger partial charge in [0, 0.05) is 0 Å². The number of rotatable bonds is 1. The maximum atomic E-state index is 11.8. The average molecular weight is 333 g/mol. The predicted molar refractivity (Wildman–Crippen MR) is 81.2 cm³/mol. The van der Waals surface area contributed by atoms with Gasteiger partial charge in [-0.2, -0.15) is 0 Å². The smallest absolute Gasteiger partial charge is 0.205 e. The first kappa shape index (κ1) is 13.4. The van der Waals surface area contributed by atoms with Crippen LogP contribution in [-0.2, 0) is 26.1 Å². The number of hydrogen-bond donors (Lipinski definition) is 2. The molecule has 120 valence electrons. The summed E-state index contributed by atoms with van der Waals surface area (Å²) in [6.45, 7) is 0. The van der Waals surface area contributed by atoms with Gasteiger partial charge < -0.3 is 14.9 Å². The number of aromatic hydroxyl groups is 2. The van der Waals surface area contributed by atoms with Crippen molar-refractivity contribution in [1.29, 1.82) is 0 Å². The quantitative estimate of drug-likeness (QED) is 0.835. The lowest BCUT2D eigenvalue weighted by molar-refractivity contribution is 0.0683. The molecule has 0 aliphatic carbocycles. The van der Waals surface area contributed by atoms with Crippen LogP contribution in [0.25, 0.3) is 5.69 Å². The second-order valence-corrected chi connectivity index (χ2v) is 8.55. The highest BCUT2D eigenvalue weighted by Crippen LogP contribution is 2.58. The molecule has 3 aliphatic heterocycles. The summed E-state index contributed by atoms with van der Waals surface area (Å²) in [6.07, 6.45) is 1.38. The molecule has 1 fully saturated rings. The largest absolute Gasteiger partial charge is 0.494 e. The normalized spacial score (nSPS) is 26.4. The third-order valence-corrected chi connectivity index (χ3v) is 6.56. The van der Waals surface area contributed by atoms with Gasteiger partial charge in [0.25, 0.3) is 0 Å². The van der Waals surface area contributed by atoms with E-state index in [2.05, 4.69) is 0 Å². The molecule has 0 unspecified atom stereocenters. The third kappa shape index (κ3) is 1.69. The van der Waals surface area contributed by atoms with Crippen LogP contribution in [0, 0.1) is 0 Å². The Hall–Kier alpha value is -1.99. The van der Waals surface area contributed by atoms with Gasteiger partial charge in [-0.1, -0.05) is 6.07 Å². The van der Waals surface area contributed by atoms with Gasteiger partial charge in [0.2, 0.25) is 11.8 Å². The molecule has 7 heteroatoms. The van der Waals surface area contributed by atoms with Crippen molar-refractivity contribution in [2.24, 2.45) is 0 Å². The van der Waals surface area contributed by atoms with Crippen molar-refractivity contribution in [2.45, 2.75) is 36.6 Å². The third-order valence-electron chi connectivity index (χ3n) is 5.06. The van der Waals surface area contributed by atoms with Gasteiger partial charge in [-0.3, -0.25) is 4.57 Å². The number of fused-ring (bicyclic) bond motifs is 6. The SMILES string of the molecule is O=S1(=O)Cc2ccc(-n3c(O)c4c(c3O)[C@H]3CC[C@@H]4O3)cc2C1. The van der Waals surface area contributed by atoms with Gasteiger partial charge >= 0.3 is 0 Å². The maximum Gasteiger partial charge on any atom is 0.205 e. The van der Waals surface area contributed by atoms with Crippen LogP contribution in [0.5, 0.6) is 11.8 Å². The Morgan fingerprint density at radius 2 is 1.61 bits per heavy atom. The number of aromatic nitrogens is 1. The van der Waals surface area contributed by atoms with E-state index < -0.39 is 9.84 Å². The molecular formula is C16H15NO5S. The summed E-state index contributed by atoms with van der Waals surface area (Å²) in [5.74, 6) is 0.0457. The molecule has 1 aromatic carbocycles. The fourth-order valence-corrected chi connectivity index (χ4v) is 5.68. The second kappa shape index (κ2) is 4.10. The zero-order valence-corrected chi connectivity index (χ0v) is 13.0. The Kier molecular flexibility index (Phi) is 2.40. The Labute approximate surface area is 132 Å². The van der Waals surface area contributed by atoms with E-state index in [0.29, 0.717) is 16.8 Å². The fraction of sp³-hybridized carbons (Fsp3) is 0.375. The molecule has 1 aromatic heterocycles. The Balaban J connectivity index is 1.68. The van der Waals surface area contributed by atoms with Crippen molar-refractivity contribution < 1.29 is 23.4 Å². The molecule has 4 heterocycles. The number of hydrogen-bond acceptors (Lipinski definition) is 5. The molecule has 0 radical (unpaired) electrons. The summed E-state index contributed by atoms with van der Waals surface area (Å²) in [6, 6.07) is 5.22. The van der Waals surface area contributed by atoms with Gasteiger partial charge in [-0.25, -0.2) is 8.42 Å². The number of nitrogens with zero attached hydrogens (tertiary/aromatic N) is 1. The van der Waals surface area contributed by atoms with Gasteiger partial charge in [0.05, 0.1) is 40.5 Å². The first-order valence-electron chi connectivity index (χ1n) is 7.59. The van der Waals surface area contributed by atoms with Crippen LogP contribution < -0.4 is 0 Å². The minimum Gasteiger partial charge on any atom is -0.494 e. The molecule has 2 N–H and O–H groups in total. The van der Waals surface area contributed by atoms with Crippen LogP contribution in [-0.4, -0.2) is 23.2 Å². The summed E-state index contributed by atoms with van der Waals surface area (Å²) in [5.41, 5.74) is 3.44. The van der Waals surface area contributed by atoms with Crippen LogP contribution in [0.1, 0.15) is 47.3 Å². The Bertz CT molecular complexity index is 926. The van der Waals surface area contributed by atoms with Gasteiger partial charge in [0.1, 0.15) is 0 Å². The van der Waals surface area contributed by atoms with E-state index in [4.69, 9.17) is 4.74 Å². The lowest BCUT2D eigenvalue weighted by atomic mass is 9.95. The summed E-state index contributed by atoms with van der Waals surface area (Å²) in [5, 5.41) is 21.1. The summed E-state index contributed by atoms with van der Waals surface area (Å²) >= 11 is 0. The number of benzene rings is 1. The van der Waals surface area contributed by atoms with Crippen LogP contribution in [0.15, 0.2) is 18.2 Å². The van der Waals surface area contributed by atoms with E-state index in [1.165, 1.54) is 4.57 Å². The first-order valence-corrected chi connectivity index (χ1v) is 9.41. The highest BCUT2D eigenvalue weighted by atomic mass is 32.2. The standard InChI is InChI=1S/C16H15NO5S/c18-15-13-11-3-4-12(22-11)14(13)16(19)17(15)10-2-1-8-6-23(20,21)7-9(8)5-10/h1-2,5,11-12,18-19H,3-4,6-7H2/t11-,12+. The second-order valence-electron chi connectivity index (χ2n) is 6.49. The lowest BCUT2D eigenvalue weighted by Crippen LogP contribution is -1.97. The topological polar surface area (TPSA) is 88.8 Å². The van der Waals surface area contributed by atoms with E-state index in [1.807, 2.05) is 0 Å². The molecule has 0 spiro atoms. The lowest BCUT2D eigenvalue weighted by Gasteiger charge is -2.11. The Morgan fingerprint density at radius 1 is 1.00 bits per heavy atom. The molecule has 2 atom stereocenters. The van der Waals surface area contributed by atoms with Crippen molar-refractivity contribution in [3.05, 3.63) is 40.5 Å². The van der Waals surface area contributed by atoms with E-state index in [1.54, 1.807) is 18.2 Å². The van der Waals surface area contributed by atoms with Crippen molar-refractivity contribution in [1.82, 2.24) is 4.57 Å². The molecule has 6 nitrogen and oxygen atoms in total. The zero-order chi connectivity index (χ0) is 15.9. The summed E-state index contributed by atoms with van der Waals surface area (Å²) < 4.78 is 30.6. The highest BCUT2D eigenvalue weighted by Gasteiger charge is 2.45. The monoisotopic (exact) mass is 333 g/mol. The molecule has 2 bridgehead atoms. The highest BCUT2D eigenvalue weighted by molar-refractivity contribution is 7.90. The van der Waals surface area contributed by atoms with E-state index >= 15 is 0 Å². The predicted octanol–water partition coefficient (Wildman–Crippen LogP) is 2.22. The van der Waals surface area contributed by atoms with Crippen LogP contribution in [0.4, 0.5) is 0 Å². The molecule has 3 aliphatic rings. The van der Waals surface area contributed by atoms with Gasteiger partial charge in [-0.15, -0.1) is 0 Å². The minimum atomic E-state index is -3.08. The molecule has 1 saturated heterocycles. The van der Waals surface area contributed by atoms with E-state index in [-0.39, 0.29) is 35.5 Å². The van der Waals surface area contributed by atoms with Gasteiger partial charge in [0.15, 0.2) is 9.84 Å². The van der Waals surface area contributed by atoms with E-state index in [9.17, 15) is 18.6 Å². The van der Waals surface area contributed by atoms with Crippen LogP contribution in [0.2, 0.25) is 0 Å². The molecule has 2 aromatic rings. The molecule has 0 saturated carbocycles. The summed E-state index contributed by atoms with van der Waals surface area (Å²) in [7, 11) is -3.08. The van der Waals surface area contributed by atoms with Crippen LogP contribution >= 0.6 is 0 Å². The number of sulfone groups is 1. The fourth-order valence-electron chi connectivity index (χ4n) is 4.07. The average Bonchev–Trinajstić information content (AvgIpc) is 3.20. The van der Waals surface area contributed by atoms with E-state index in [0.717, 1.165) is 24.0 Å². The molecule has 23 heavy (non-hydrogen) atoms. The Morgan fingerprint density at radius 3 is 2.26 bits per heavy atom. The van der Waals surface area contributed by atoms with Gasteiger partial charge in [-0.05, 0) is 36.1 Å². The summed E-state index contributed by atoms with van der Waals surface area (Å²) in [4.78, 5) is 0. The molecular weight excluding hydrogens is 318 g/mol. The van der Waals surface area contributed by atoms with Crippen molar-refractivity contribution >= 4 is 9.84 Å². The number of ether oxygens (including phenoxy) is 1. The van der Waals surface area contributed by atoms with Crippen molar-refractivity contribution in [2.75, 3.05) is 0 Å². The van der Waals surface area contributed by atoms with Crippen molar-refractivity contribution in [3.8, 4) is 17.4 Å². The maximum absolute atomic E-state index is 11.8.